The average molecular weight is 259 g/mol. The van der Waals surface area contributed by atoms with Gasteiger partial charge < -0.3 is 10.0 Å². The Labute approximate surface area is 112 Å². The van der Waals surface area contributed by atoms with Gasteiger partial charge in [0.15, 0.2) is 0 Å². The zero-order valence-corrected chi connectivity index (χ0v) is 10.8. The molecule has 0 aromatic heterocycles. The second-order valence-corrected chi connectivity index (χ2v) is 5.37. The molecule has 4 nitrogen and oxygen atoms in total. The Morgan fingerprint density at radius 1 is 1.21 bits per heavy atom. The van der Waals surface area contributed by atoms with Crippen molar-refractivity contribution < 1.29 is 14.7 Å². The van der Waals surface area contributed by atoms with Gasteiger partial charge in [0.2, 0.25) is 5.91 Å². The van der Waals surface area contributed by atoms with Gasteiger partial charge in [0, 0.05) is 18.2 Å². The number of amides is 1. The van der Waals surface area contributed by atoms with Crippen LogP contribution in [0.4, 0.5) is 5.69 Å². The van der Waals surface area contributed by atoms with E-state index in [9.17, 15) is 9.59 Å². The van der Waals surface area contributed by atoms with E-state index in [-0.39, 0.29) is 17.4 Å². The fraction of sp³-hybridized carbons (Fsp3) is 0.467. The molecule has 19 heavy (non-hydrogen) atoms. The standard InChI is InChI=1S/C15H17NO3/c17-14(11-3-1-2-4-11)16-8-7-10-5-6-12(15(18)19)9-13(10)16/h5-6,9,11H,1-4,7-8H2,(H,18,19). The lowest BCUT2D eigenvalue weighted by Crippen LogP contribution is -2.33. The van der Waals surface area contributed by atoms with Crippen LogP contribution in [0.25, 0.3) is 0 Å². The molecule has 100 valence electrons. The van der Waals surface area contributed by atoms with Gasteiger partial charge in [-0.1, -0.05) is 18.9 Å². The van der Waals surface area contributed by atoms with Crippen LogP contribution in [0.5, 0.6) is 0 Å². The van der Waals surface area contributed by atoms with Gasteiger partial charge in [-0.25, -0.2) is 4.79 Å². The van der Waals surface area contributed by atoms with Crippen LogP contribution < -0.4 is 4.90 Å². The molecule has 1 aliphatic heterocycles. The molecule has 2 aliphatic rings. The predicted molar refractivity (Wildman–Crippen MR) is 71.4 cm³/mol. The molecular weight excluding hydrogens is 242 g/mol. The van der Waals surface area contributed by atoms with Gasteiger partial charge in [-0.3, -0.25) is 4.79 Å². The van der Waals surface area contributed by atoms with Crippen LogP contribution in [0.15, 0.2) is 18.2 Å². The first-order valence-electron chi connectivity index (χ1n) is 6.84. The van der Waals surface area contributed by atoms with Gasteiger partial charge in [-0.05, 0) is 37.0 Å². The van der Waals surface area contributed by atoms with Crippen molar-refractivity contribution in [2.45, 2.75) is 32.1 Å². The van der Waals surface area contributed by atoms with E-state index < -0.39 is 5.97 Å². The molecule has 1 heterocycles. The van der Waals surface area contributed by atoms with Crippen LogP contribution in [-0.2, 0) is 11.2 Å². The van der Waals surface area contributed by atoms with Gasteiger partial charge in [0.25, 0.3) is 0 Å². The molecule has 4 heteroatoms. The summed E-state index contributed by atoms with van der Waals surface area (Å²) < 4.78 is 0. The number of carboxylic acid groups (broad SMARTS) is 1. The monoisotopic (exact) mass is 259 g/mol. The van der Waals surface area contributed by atoms with Crippen molar-refractivity contribution in [1.29, 1.82) is 0 Å². The summed E-state index contributed by atoms with van der Waals surface area (Å²) in [7, 11) is 0. The molecule has 0 atom stereocenters. The molecule has 1 fully saturated rings. The zero-order valence-electron chi connectivity index (χ0n) is 10.8. The number of anilines is 1. The smallest absolute Gasteiger partial charge is 0.335 e. The largest absolute Gasteiger partial charge is 0.478 e. The molecule has 1 N–H and O–H groups in total. The van der Waals surface area contributed by atoms with E-state index in [4.69, 9.17) is 5.11 Å². The predicted octanol–water partition coefficient (Wildman–Crippen LogP) is 2.46. The van der Waals surface area contributed by atoms with Crippen molar-refractivity contribution in [3.05, 3.63) is 29.3 Å². The first-order chi connectivity index (χ1) is 9.16. The van der Waals surface area contributed by atoms with Crippen molar-refractivity contribution in [1.82, 2.24) is 0 Å². The molecule has 1 saturated carbocycles. The van der Waals surface area contributed by atoms with Crippen molar-refractivity contribution in [2.75, 3.05) is 11.4 Å². The molecular formula is C15H17NO3. The number of benzene rings is 1. The Morgan fingerprint density at radius 3 is 2.63 bits per heavy atom. The highest BCUT2D eigenvalue weighted by molar-refractivity contribution is 5.99. The minimum absolute atomic E-state index is 0.138. The summed E-state index contributed by atoms with van der Waals surface area (Å²) in [4.78, 5) is 25.3. The second kappa shape index (κ2) is 4.68. The number of nitrogens with zero attached hydrogens (tertiary/aromatic N) is 1. The number of aromatic carboxylic acids is 1. The Bertz CT molecular complexity index is 532. The molecule has 3 rings (SSSR count). The van der Waals surface area contributed by atoms with Crippen LogP contribution in [0.2, 0.25) is 0 Å². The lowest BCUT2D eigenvalue weighted by molar-refractivity contribution is -0.122. The first-order valence-corrected chi connectivity index (χ1v) is 6.84. The topological polar surface area (TPSA) is 57.6 Å². The van der Waals surface area contributed by atoms with Gasteiger partial charge in [-0.2, -0.15) is 0 Å². The van der Waals surface area contributed by atoms with Crippen molar-refractivity contribution >= 4 is 17.6 Å². The molecule has 1 aromatic rings. The maximum Gasteiger partial charge on any atom is 0.335 e. The summed E-state index contributed by atoms with van der Waals surface area (Å²) in [6, 6.07) is 5.09. The number of carbonyl (C=O) groups excluding carboxylic acids is 1. The van der Waals surface area contributed by atoms with E-state index in [1.807, 2.05) is 6.07 Å². The second-order valence-electron chi connectivity index (χ2n) is 5.37. The van der Waals surface area contributed by atoms with Crippen LogP contribution in [0.1, 0.15) is 41.6 Å². The van der Waals surface area contributed by atoms with E-state index >= 15 is 0 Å². The minimum atomic E-state index is -0.942. The summed E-state index contributed by atoms with van der Waals surface area (Å²) in [6.07, 6.45) is 5.04. The number of carboxylic acids is 1. The van der Waals surface area contributed by atoms with E-state index in [0.29, 0.717) is 6.54 Å². The van der Waals surface area contributed by atoms with Crippen LogP contribution in [-0.4, -0.2) is 23.5 Å². The quantitative estimate of drug-likeness (QED) is 0.887. The Hall–Kier alpha value is -1.84. The molecule has 0 radical (unpaired) electrons. The van der Waals surface area contributed by atoms with Crippen molar-refractivity contribution in [3.63, 3.8) is 0 Å². The fourth-order valence-corrected chi connectivity index (χ4v) is 3.13. The first kappa shape index (κ1) is 12.2. The van der Waals surface area contributed by atoms with Crippen LogP contribution >= 0.6 is 0 Å². The SMILES string of the molecule is O=C(O)c1ccc2c(c1)N(C(=O)C1CCCC1)CC2. The highest BCUT2D eigenvalue weighted by atomic mass is 16.4. The third kappa shape index (κ3) is 2.11. The van der Waals surface area contributed by atoms with E-state index in [1.54, 1.807) is 17.0 Å². The van der Waals surface area contributed by atoms with Gasteiger partial charge in [0.1, 0.15) is 0 Å². The lowest BCUT2D eigenvalue weighted by atomic mass is 10.1. The van der Waals surface area contributed by atoms with Crippen molar-refractivity contribution in [3.8, 4) is 0 Å². The Kier molecular flexibility index (Phi) is 3.01. The highest BCUT2D eigenvalue weighted by Gasteiger charge is 2.32. The molecule has 1 aromatic carbocycles. The van der Waals surface area contributed by atoms with Gasteiger partial charge in [-0.15, -0.1) is 0 Å². The molecule has 0 spiro atoms. The Balaban J connectivity index is 1.89. The summed E-state index contributed by atoms with van der Waals surface area (Å²) in [5.74, 6) is -0.624. The van der Waals surface area contributed by atoms with Crippen LogP contribution in [0.3, 0.4) is 0 Å². The maximum atomic E-state index is 12.5. The van der Waals surface area contributed by atoms with Crippen molar-refractivity contribution in [2.24, 2.45) is 5.92 Å². The van der Waals surface area contributed by atoms with Gasteiger partial charge >= 0.3 is 5.97 Å². The van der Waals surface area contributed by atoms with Crippen LogP contribution in [0, 0.1) is 5.92 Å². The maximum absolute atomic E-state index is 12.5. The number of carbonyl (C=O) groups is 2. The summed E-state index contributed by atoms with van der Waals surface area (Å²) in [5.41, 5.74) is 2.14. The molecule has 1 aliphatic carbocycles. The number of rotatable bonds is 2. The fourth-order valence-electron chi connectivity index (χ4n) is 3.13. The summed E-state index contributed by atoms with van der Waals surface area (Å²) in [6.45, 7) is 0.688. The van der Waals surface area contributed by atoms with E-state index in [1.165, 1.54) is 0 Å². The van der Waals surface area contributed by atoms with E-state index in [0.717, 1.165) is 43.4 Å². The Morgan fingerprint density at radius 2 is 1.95 bits per heavy atom. The lowest BCUT2D eigenvalue weighted by Gasteiger charge is -2.21. The third-order valence-electron chi connectivity index (χ3n) is 4.20. The minimum Gasteiger partial charge on any atom is -0.478 e. The average Bonchev–Trinajstić information content (AvgIpc) is 3.06. The highest BCUT2D eigenvalue weighted by Crippen LogP contribution is 2.34. The van der Waals surface area contributed by atoms with E-state index in [2.05, 4.69) is 0 Å². The number of hydrogen-bond donors (Lipinski definition) is 1. The number of hydrogen-bond acceptors (Lipinski definition) is 2. The molecule has 0 unspecified atom stereocenters. The zero-order chi connectivity index (χ0) is 13.4. The third-order valence-corrected chi connectivity index (χ3v) is 4.20. The summed E-state index contributed by atoms with van der Waals surface area (Å²) >= 11 is 0. The molecule has 1 amide bonds. The van der Waals surface area contributed by atoms with Gasteiger partial charge in [0.05, 0.1) is 5.56 Å². The molecule has 0 saturated heterocycles. The molecule has 0 bridgehead atoms. The normalized spacial score (nSPS) is 18.6. The number of fused-ring (bicyclic) bond motifs is 1. The summed E-state index contributed by atoms with van der Waals surface area (Å²) in [5, 5.41) is 9.05.